The first-order valence-corrected chi connectivity index (χ1v) is 7.31. The molecule has 0 fully saturated rings. The van der Waals surface area contributed by atoms with Gasteiger partial charge in [-0.15, -0.1) is 0 Å². The Hall–Kier alpha value is -2.01. The minimum atomic E-state index is -0.0772. The van der Waals surface area contributed by atoms with Crippen molar-refractivity contribution in [2.75, 3.05) is 17.7 Å². The van der Waals surface area contributed by atoms with Gasteiger partial charge in [-0.3, -0.25) is 4.79 Å². The molecule has 2 aromatic carbocycles. The maximum absolute atomic E-state index is 11.2. The summed E-state index contributed by atoms with van der Waals surface area (Å²) in [4.78, 5) is 11.2. The van der Waals surface area contributed by atoms with Gasteiger partial charge in [-0.25, -0.2) is 0 Å². The molecular weight excluding hydrogens is 332 g/mol. The number of para-hydroxylation sites is 1. The van der Waals surface area contributed by atoms with Gasteiger partial charge >= 0.3 is 0 Å². The third-order valence-corrected chi connectivity index (χ3v) is 3.38. The highest BCUT2D eigenvalue weighted by Crippen LogP contribution is 2.25. The van der Waals surface area contributed by atoms with E-state index >= 15 is 0 Å². The smallest absolute Gasteiger partial charge is 0.221 e. The van der Waals surface area contributed by atoms with Crippen LogP contribution < -0.4 is 15.4 Å². The van der Waals surface area contributed by atoms with Crippen LogP contribution in [0.5, 0.6) is 5.75 Å². The fraction of sp³-hybridized carbons (Fsp3) is 0.188. The molecule has 2 rings (SSSR count). The maximum atomic E-state index is 11.2. The molecule has 0 bridgehead atoms. The Bertz CT molecular complexity index is 644. The predicted molar refractivity (Wildman–Crippen MR) is 88.8 cm³/mol. The Kier molecular flexibility index (Phi) is 5.22. The molecule has 0 aromatic heterocycles. The molecule has 4 nitrogen and oxygen atoms in total. The number of nitrogens with one attached hydrogen (secondary N) is 2. The minimum Gasteiger partial charge on any atom is -0.497 e. The molecule has 0 saturated carbocycles. The van der Waals surface area contributed by atoms with E-state index in [1.54, 1.807) is 7.11 Å². The van der Waals surface area contributed by atoms with Crippen LogP contribution in [-0.4, -0.2) is 13.0 Å². The average molecular weight is 349 g/mol. The third-order valence-electron chi connectivity index (χ3n) is 2.92. The Labute approximate surface area is 132 Å². The molecule has 0 atom stereocenters. The monoisotopic (exact) mass is 348 g/mol. The summed E-state index contributed by atoms with van der Waals surface area (Å²) in [7, 11) is 1.64. The van der Waals surface area contributed by atoms with E-state index in [0.717, 1.165) is 27.2 Å². The van der Waals surface area contributed by atoms with Crippen molar-refractivity contribution in [2.24, 2.45) is 0 Å². The van der Waals surface area contributed by atoms with E-state index in [1.807, 2.05) is 42.5 Å². The van der Waals surface area contributed by atoms with Crippen LogP contribution in [0.2, 0.25) is 0 Å². The standard InChI is InChI=1S/C16H17BrN2O2/c1-11(20)19-16-6-4-3-5-12(16)10-18-14-7-13(17)8-15(9-14)21-2/h3-9,18H,10H2,1-2H3,(H,19,20). The summed E-state index contributed by atoms with van der Waals surface area (Å²) in [5, 5.41) is 6.16. The number of hydrogen-bond donors (Lipinski definition) is 2. The van der Waals surface area contributed by atoms with Gasteiger partial charge in [0, 0.05) is 35.4 Å². The predicted octanol–water partition coefficient (Wildman–Crippen LogP) is 4.03. The topological polar surface area (TPSA) is 50.4 Å². The van der Waals surface area contributed by atoms with Crippen LogP contribution in [0.3, 0.4) is 0 Å². The zero-order valence-corrected chi connectivity index (χ0v) is 13.5. The summed E-state index contributed by atoms with van der Waals surface area (Å²) >= 11 is 3.45. The lowest BCUT2D eigenvalue weighted by atomic mass is 10.1. The van der Waals surface area contributed by atoms with Crippen molar-refractivity contribution in [1.82, 2.24) is 0 Å². The second-order valence-corrected chi connectivity index (χ2v) is 5.49. The quantitative estimate of drug-likeness (QED) is 0.857. The molecule has 110 valence electrons. The van der Waals surface area contributed by atoms with Gasteiger partial charge in [-0.2, -0.15) is 0 Å². The number of methoxy groups -OCH3 is 1. The van der Waals surface area contributed by atoms with E-state index in [2.05, 4.69) is 26.6 Å². The second-order valence-electron chi connectivity index (χ2n) is 4.57. The van der Waals surface area contributed by atoms with E-state index in [1.165, 1.54) is 6.92 Å². The number of halogens is 1. The lowest BCUT2D eigenvalue weighted by molar-refractivity contribution is -0.114. The molecule has 0 heterocycles. The molecule has 0 saturated heterocycles. The van der Waals surface area contributed by atoms with Gasteiger partial charge in [0.25, 0.3) is 0 Å². The lowest BCUT2D eigenvalue weighted by Gasteiger charge is -2.12. The molecule has 0 spiro atoms. The summed E-state index contributed by atoms with van der Waals surface area (Å²) in [5.41, 5.74) is 2.78. The summed E-state index contributed by atoms with van der Waals surface area (Å²) in [6, 6.07) is 13.5. The van der Waals surface area contributed by atoms with Gasteiger partial charge in [0.05, 0.1) is 7.11 Å². The Balaban J connectivity index is 2.13. The largest absolute Gasteiger partial charge is 0.497 e. The van der Waals surface area contributed by atoms with Crippen molar-refractivity contribution in [1.29, 1.82) is 0 Å². The molecule has 0 aliphatic carbocycles. The highest BCUT2D eigenvalue weighted by Gasteiger charge is 2.04. The SMILES string of the molecule is COc1cc(Br)cc(NCc2ccccc2NC(C)=O)c1. The van der Waals surface area contributed by atoms with Crippen LogP contribution >= 0.6 is 15.9 Å². The zero-order chi connectivity index (χ0) is 15.2. The number of anilines is 2. The molecule has 21 heavy (non-hydrogen) atoms. The summed E-state index contributed by atoms with van der Waals surface area (Å²) in [5.74, 6) is 0.702. The van der Waals surface area contributed by atoms with Gasteiger partial charge in [0.15, 0.2) is 0 Å². The summed E-state index contributed by atoms with van der Waals surface area (Å²) < 4.78 is 6.18. The first-order chi connectivity index (χ1) is 10.1. The van der Waals surface area contributed by atoms with E-state index in [0.29, 0.717) is 6.54 Å². The van der Waals surface area contributed by atoms with Crippen LogP contribution in [0.15, 0.2) is 46.9 Å². The highest BCUT2D eigenvalue weighted by atomic mass is 79.9. The van der Waals surface area contributed by atoms with Crippen LogP contribution in [0.25, 0.3) is 0 Å². The van der Waals surface area contributed by atoms with Gasteiger partial charge in [-0.1, -0.05) is 34.1 Å². The number of hydrogen-bond acceptors (Lipinski definition) is 3. The number of rotatable bonds is 5. The molecule has 2 aromatic rings. The van der Waals surface area contributed by atoms with Gasteiger partial charge in [0.1, 0.15) is 5.75 Å². The molecule has 0 unspecified atom stereocenters. The first kappa shape index (κ1) is 15.4. The number of benzene rings is 2. The number of carbonyl (C=O) groups excluding carboxylic acids is 1. The van der Waals surface area contributed by atoms with Crippen molar-refractivity contribution in [3.05, 3.63) is 52.5 Å². The second kappa shape index (κ2) is 7.13. The fourth-order valence-corrected chi connectivity index (χ4v) is 2.44. The lowest BCUT2D eigenvalue weighted by Crippen LogP contribution is -2.10. The van der Waals surface area contributed by atoms with Crippen LogP contribution in [0.4, 0.5) is 11.4 Å². The fourth-order valence-electron chi connectivity index (χ4n) is 1.97. The summed E-state index contributed by atoms with van der Waals surface area (Å²) in [6.45, 7) is 2.11. The molecule has 1 amide bonds. The van der Waals surface area contributed by atoms with Crippen LogP contribution in [0, 0.1) is 0 Å². The first-order valence-electron chi connectivity index (χ1n) is 6.52. The Morgan fingerprint density at radius 1 is 1.24 bits per heavy atom. The molecule has 0 aliphatic heterocycles. The molecule has 0 aliphatic rings. The van der Waals surface area contributed by atoms with E-state index in [4.69, 9.17) is 4.74 Å². The minimum absolute atomic E-state index is 0.0772. The number of ether oxygens (including phenoxy) is 1. The van der Waals surface area contributed by atoms with Gasteiger partial charge in [-0.05, 0) is 23.8 Å². The molecule has 5 heteroatoms. The molecule has 0 radical (unpaired) electrons. The zero-order valence-electron chi connectivity index (χ0n) is 11.9. The van der Waals surface area contributed by atoms with Gasteiger partial charge in [0.2, 0.25) is 5.91 Å². The van der Waals surface area contributed by atoms with Crippen LogP contribution in [-0.2, 0) is 11.3 Å². The van der Waals surface area contributed by atoms with Crippen molar-refractivity contribution in [3.63, 3.8) is 0 Å². The Morgan fingerprint density at radius 3 is 2.71 bits per heavy atom. The van der Waals surface area contributed by atoms with Crippen LogP contribution in [0.1, 0.15) is 12.5 Å². The van der Waals surface area contributed by atoms with Gasteiger partial charge < -0.3 is 15.4 Å². The van der Waals surface area contributed by atoms with E-state index in [9.17, 15) is 4.79 Å². The normalized spacial score (nSPS) is 10.0. The van der Waals surface area contributed by atoms with E-state index < -0.39 is 0 Å². The van der Waals surface area contributed by atoms with Crippen molar-refractivity contribution < 1.29 is 9.53 Å². The van der Waals surface area contributed by atoms with Crippen molar-refractivity contribution >= 4 is 33.2 Å². The number of amides is 1. The maximum Gasteiger partial charge on any atom is 0.221 e. The molecular formula is C16H17BrN2O2. The third kappa shape index (κ3) is 4.49. The highest BCUT2D eigenvalue weighted by molar-refractivity contribution is 9.10. The molecule has 2 N–H and O–H groups in total. The van der Waals surface area contributed by atoms with E-state index in [-0.39, 0.29) is 5.91 Å². The average Bonchev–Trinajstić information content (AvgIpc) is 2.45. The van der Waals surface area contributed by atoms with Crippen molar-refractivity contribution in [2.45, 2.75) is 13.5 Å². The summed E-state index contributed by atoms with van der Waals surface area (Å²) in [6.07, 6.45) is 0. The van der Waals surface area contributed by atoms with Crippen molar-refractivity contribution in [3.8, 4) is 5.75 Å². The Morgan fingerprint density at radius 2 is 2.00 bits per heavy atom. The number of carbonyl (C=O) groups is 1.